The number of ether oxygens (including phenoxy) is 1. The lowest BCUT2D eigenvalue weighted by atomic mass is 10.0. The molecule has 1 rings (SSSR count). The van der Waals surface area contributed by atoms with Crippen LogP contribution in [0.15, 0.2) is 24.3 Å². The van der Waals surface area contributed by atoms with Crippen molar-refractivity contribution in [3.8, 4) is 0 Å². The van der Waals surface area contributed by atoms with E-state index in [2.05, 4.69) is 27.3 Å². The van der Waals surface area contributed by atoms with Crippen molar-refractivity contribution in [2.24, 2.45) is 5.73 Å². The normalized spacial score (nSPS) is 11.9. The minimum atomic E-state index is -0.892. The lowest BCUT2D eigenvalue weighted by Crippen LogP contribution is -2.33. The van der Waals surface area contributed by atoms with Crippen molar-refractivity contribution in [3.05, 3.63) is 33.4 Å². The van der Waals surface area contributed by atoms with Crippen molar-refractivity contribution in [3.63, 3.8) is 0 Å². The molecule has 1 aromatic rings. The number of benzene rings is 1. The Morgan fingerprint density at radius 1 is 1.38 bits per heavy atom. The highest BCUT2D eigenvalue weighted by Gasteiger charge is 2.18. The summed E-state index contributed by atoms with van der Waals surface area (Å²) in [7, 11) is 1.25. The maximum atomic E-state index is 11.7. The standard InChI is InChI=1S/C11H12INO3/c1-16-11(15)9(13)6-10(14)7-2-4-8(12)5-3-7/h2-5,9H,6,13H2,1H3. The van der Waals surface area contributed by atoms with Crippen LogP contribution in [0.4, 0.5) is 0 Å². The summed E-state index contributed by atoms with van der Waals surface area (Å²) in [5.74, 6) is -0.729. The zero-order valence-corrected chi connectivity index (χ0v) is 10.9. The highest BCUT2D eigenvalue weighted by molar-refractivity contribution is 14.1. The fraction of sp³-hybridized carbons (Fsp3) is 0.273. The molecule has 0 aliphatic heterocycles. The van der Waals surface area contributed by atoms with Crippen LogP contribution in [-0.4, -0.2) is 24.9 Å². The van der Waals surface area contributed by atoms with Crippen LogP contribution in [0.2, 0.25) is 0 Å². The summed E-state index contributed by atoms with van der Waals surface area (Å²) in [6.07, 6.45) is -0.0345. The number of carbonyl (C=O) groups excluding carboxylic acids is 2. The molecule has 0 heterocycles. The topological polar surface area (TPSA) is 69.4 Å². The van der Waals surface area contributed by atoms with Crippen LogP contribution in [0.3, 0.4) is 0 Å². The Labute approximate surface area is 107 Å². The van der Waals surface area contributed by atoms with Gasteiger partial charge in [0.15, 0.2) is 5.78 Å². The Balaban J connectivity index is 2.65. The van der Waals surface area contributed by atoms with Gasteiger partial charge in [-0.05, 0) is 34.7 Å². The number of halogens is 1. The minimum Gasteiger partial charge on any atom is -0.468 e. The molecule has 5 heteroatoms. The molecule has 1 unspecified atom stereocenters. The summed E-state index contributed by atoms with van der Waals surface area (Å²) in [6, 6.07) is 6.20. The van der Waals surface area contributed by atoms with Crippen molar-refractivity contribution >= 4 is 34.3 Å². The third-order valence-corrected chi connectivity index (χ3v) is 2.79. The van der Waals surface area contributed by atoms with Gasteiger partial charge in [0, 0.05) is 15.6 Å². The Morgan fingerprint density at radius 2 is 1.94 bits per heavy atom. The molecule has 0 saturated heterocycles. The molecule has 0 radical (unpaired) electrons. The van der Waals surface area contributed by atoms with Gasteiger partial charge >= 0.3 is 5.97 Å². The summed E-state index contributed by atoms with van der Waals surface area (Å²) < 4.78 is 5.50. The van der Waals surface area contributed by atoms with Crippen molar-refractivity contribution in [2.45, 2.75) is 12.5 Å². The van der Waals surface area contributed by atoms with E-state index in [1.54, 1.807) is 12.1 Å². The molecular weight excluding hydrogens is 321 g/mol. The third kappa shape index (κ3) is 3.57. The van der Waals surface area contributed by atoms with E-state index in [1.165, 1.54) is 7.11 Å². The SMILES string of the molecule is COC(=O)C(N)CC(=O)c1ccc(I)cc1. The Hall–Kier alpha value is -0.950. The summed E-state index contributed by atoms with van der Waals surface area (Å²) in [5, 5.41) is 0. The predicted octanol–water partition coefficient (Wildman–Crippen LogP) is 1.36. The maximum Gasteiger partial charge on any atom is 0.323 e. The first-order valence-electron chi connectivity index (χ1n) is 4.66. The molecule has 1 aromatic carbocycles. The first-order valence-corrected chi connectivity index (χ1v) is 5.74. The fourth-order valence-electron chi connectivity index (χ4n) is 1.19. The third-order valence-electron chi connectivity index (χ3n) is 2.08. The van der Waals surface area contributed by atoms with Crippen LogP contribution in [0.25, 0.3) is 0 Å². The highest BCUT2D eigenvalue weighted by Crippen LogP contribution is 2.09. The second-order valence-electron chi connectivity index (χ2n) is 3.26. The molecule has 0 spiro atoms. The van der Waals surface area contributed by atoms with Gasteiger partial charge in [-0.2, -0.15) is 0 Å². The quantitative estimate of drug-likeness (QED) is 0.513. The molecule has 86 valence electrons. The van der Waals surface area contributed by atoms with Crippen LogP contribution in [0.1, 0.15) is 16.8 Å². The average molecular weight is 333 g/mol. The van der Waals surface area contributed by atoms with E-state index in [0.29, 0.717) is 5.56 Å². The summed E-state index contributed by atoms with van der Waals surface area (Å²) in [4.78, 5) is 22.7. The maximum absolute atomic E-state index is 11.7. The van der Waals surface area contributed by atoms with Crippen LogP contribution in [0.5, 0.6) is 0 Å². The van der Waals surface area contributed by atoms with Crippen molar-refractivity contribution < 1.29 is 14.3 Å². The first kappa shape index (κ1) is 13.1. The number of esters is 1. The van der Waals surface area contributed by atoms with Gasteiger partial charge in [-0.25, -0.2) is 0 Å². The number of hydrogen-bond donors (Lipinski definition) is 1. The predicted molar refractivity (Wildman–Crippen MR) is 68.1 cm³/mol. The summed E-state index contributed by atoms with van der Waals surface area (Å²) >= 11 is 2.15. The Kier molecular flexibility index (Phi) is 4.88. The lowest BCUT2D eigenvalue weighted by molar-refractivity contribution is -0.142. The van der Waals surface area contributed by atoms with E-state index in [9.17, 15) is 9.59 Å². The van der Waals surface area contributed by atoms with E-state index in [4.69, 9.17) is 5.73 Å². The van der Waals surface area contributed by atoms with Gasteiger partial charge < -0.3 is 10.5 Å². The van der Waals surface area contributed by atoms with Gasteiger partial charge in [0.05, 0.1) is 7.11 Å². The van der Waals surface area contributed by atoms with Crippen LogP contribution >= 0.6 is 22.6 Å². The summed E-state index contributed by atoms with van der Waals surface area (Å²) in [5.41, 5.74) is 6.05. The van der Waals surface area contributed by atoms with Gasteiger partial charge in [0.2, 0.25) is 0 Å². The molecule has 0 aliphatic rings. The second-order valence-corrected chi connectivity index (χ2v) is 4.51. The zero-order chi connectivity index (χ0) is 12.1. The van der Waals surface area contributed by atoms with Crippen LogP contribution < -0.4 is 5.73 Å². The van der Waals surface area contributed by atoms with E-state index in [-0.39, 0.29) is 12.2 Å². The molecule has 4 nitrogen and oxygen atoms in total. The second kappa shape index (κ2) is 5.95. The number of methoxy groups -OCH3 is 1. The van der Waals surface area contributed by atoms with Gasteiger partial charge in [0.25, 0.3) is 0 Å². The molecule has 0 saturated carbocycles. The number of ketones is 1. The van der Waals surface area contributed by atoms with E-state index in [0.717, 1.165) is 3.57 Å². The monoisotopic (exact) mass is 333 g/mol. The van der Waals surface area contributed by atoms with Crippen molar-refractivity contribution in [1.82, 2.24) is 0 Å². The largest absolute Gasteiger partial charge is 0.468 e. The van der Waals surface area contributed by atoms with Gasteiger partial charge in [-0.3, -0.25) is 9.59 Å². The highest BCUT2D eigenvalue weighted by atomic mass is 127. The molecular formula is C11H12INO3. The molecule has 16 heavy (non-hydrogen) atoms. The number of rotatable bonds is 4. The van der Waals surface area contributed by atoms with Crippen molar-refractivity contribution in [1.29, 1.82) is 0 Å². The molecule has 0 aromatic heterocycles. The average Bonchev–Trinajstić information content (AvgIpc) is 2.28. The molecule has 1 atom stereocenters. The number of Topliss-reactive ketones (excluding diaryl/α,β-unsaturated/α-hetero) is 1. The molecule has 2 N–H and O–H groups in total. The van der Waals surface area contributed by atoms with Crippen molar-refractivity contribution in [2.75, 3.05) is 7.11 Å². The Morgan fingerprint density at radius 3 is 2.44 bits per heavy atom. The molecule has 0 fully saturated rings. The van der Waals surface area contributed by atoms with Gasteiger partial charge in [-0.15, -0.1) is 0 Å². The number of carbonyl (C=O) groups is 2. The minimum absolute atomic E-state index is 0.0345. The Bertz CT molecular complexity index is 389. The first-order chi connectivity index (χ1) is 7.54. The molecule has 0 bridgehead atoms. The zero-order valence-electron chi connectivity index (χ0n) is 8.77. The van der Waals surface area contributed by atoms with Crippen LogP contribution in [-0.2, 0) is 9.53 Å². The lowest BCUT2D eigenvalue weighted by Gasteiger charge is -2.08. The van der Waals surface area contributed by atoms with E-state index < -0.39 is 12.0 Å². The number of nitrogens with two attached hydrogens (primary N) is 1. The van der Waals surface area contributed by atoms with E-state index >= 15 is 0 Å². The molecule has 0 aliphatic carbocycles. The smallest absolute Gasteiger partial charge is 0.323 e. The fourth-order valence-corrected chi connectivity index (χ4v) is 1.55. The summed E-state index contributed by atoms with van der Waals surface area (Å²) in [6.45, 7) is 0. The van der Waals surface area contributed by atoms with Gasteiger partial charge in [-0.1, -0.05) is 12.1 Å². The molecule has 0 amide bonds. The van der Waals surface area contributed by atoms with Crippen LogP contribution in [0, 0.1) is 3.57 Å². The number of hydrogen-bond acceptors (Lipinski definition) is 4. The van der Waals surface area contributed by atoms with Gasteiger partial charge in [0.1, 0.15) is 6.04 Å². The van der Waals surface area contributed by atoms with E-state index in [1.807, 2.05) is 12.1 Å².